The molecule has 0 aliphatic rings. The minimum Gasteiger partial charge on any atom is -0.493 e. The number of carbonyl (C=O) groups is 1. The van der Waals surface area contributed by atoms with Crippen molar-refractivity contribution in [2.75, 3.05) is 18.5 Å². The van der Waals surface area contributed by atoms with Crippen LogP contribution in [0.3, 0.4) is 0 Å². The Morgan fingerprint density at radius 2 is 1.56 bits per heavy atom. The second-order valence-electron chi connectivity index (χ2n) is 7.96. The van der Waals surface area contributed by atoms with Gasteiger partial charge < -0.3 is 25.6 Å². The van der Waals surface area contributed by atoms with Gasteiger partial charge in [-0.15, -0.1) is 0 Å². The largest absolute Gasteiger partial charge is 0.493 e. The lowest BCUT2D eigenvalue weighted by Crippen LogP contribution is -2.52. The Kier molecular flexibility index (Phi) is 8.49. The highest BCUT2D eigenvalue weighted by atomic mass is 35.5. The van der Waals surface area contributed by atoms with Gasteiger partial charge in [-0.25, -0.2) is 4.57 Å². The molecule has 3 aromatic rings. The summed E-state index contributed by atoms with van der Waals surface area (Å²) in [5.41, 5.74) is 7.99. The number of nitrogens with one attached hydrogen (secondary N) is 1. The molecule has 0 fully saturated rings. The molecule has 3 rings (SSSR count). The molecule has 8 nitrogen and oxygen atoms in total. The Morgan fingerprint density at radius 3 is 2.12 bits per heavy atom. The van der Waals surface area contributed by atoms with E-state index in [0.29, 0.717) is 23.1 Å². The lowest BCUT2D eigenvalue weighted by molar-refractivity contribution is -0.121. The molecule has 0 aromatic heterocycles. The molecule has 0 heterocycles. The Labute approximate surface area is 202 Å². The molecular formula is C24H26ClN2O6P. The van der Waals surface area contributed by atoms with Crippen LogP contribution in [-0.2, 0) is 20.3 Å². The molecule has 0 aliphatic heterocycles. The Hall–Kier alpha value is -2.71. The summed E-state index contributed by atoms with van der Waals surface area (Å²) in [4.78, 5) is 29.8. The van der Waals surface area contributed by atoms with Crippen molar-refractivity contribution < 1.29 is 28.4 Å². The first kappa shape index (κ1) is 25.9. The van der Waals surface area contributed by atoms with E-state index in [-0.39, 0.29) is 0 Å². The molecule has 34 heavy (non-hydrogen) atoms. The fourth-order valence-electron chi connectivity index (χ4n) is 2.99. The maximum atomic E-state index is 12.3. The number of nitrogens with two attached hydrogens (primary N) is 1. The summed E-state index contributed by atoms with van der Waals surface area (Å²) in [7, 11) is -4.72. The van der Waals surface area contributed by atoms with E-state index in [1.54, 1.807) is 24.3 Å². The second kappa shape index (κ2) is 11.1. The van der Waals surface area contributed by atoms with Gasteiger partial charge in [-0.05, 0) is 60.0 Å². The van der Waals surface area contributed by atoms with E-state index in [4.69, 9.17) is 31.9 Å². The zero-order valence-electron chi connectivity index (χ0n) is 18.5. The van der Waals surface area contributed by atoms with Crippen molar-refractivity contribution in [1.82, 2.24) is 0 Å². The number of halogens is 1. The number of rotatable bonds is 10. The summed E-state index contributed by atoms with van der Waals surface area (Å²) < 4.78 is 20.9. The normalized spacial score (nSPS) is 13.2. The summed E-state index contributed by atoms with van der Waals surface area (Å²) >= 11 is 5.94. The Bertz CT molecular complexity index is 1150. The number of anilines is 1. The van der Waals surface area contributed by atoms with Crippen molar-refractivity contribution in [1.29, 1.82) is 0 Å². The number of phosphoric ester groups is 1. The summed E-state index contributed by atoms with van der Waals surface area (Å²) in [5, 5.41) is 3.30. The molecule has 0 saturated heterocycles. The zero-order valence-corrected chi connectivity index (χ0v) is 20.1. The Balaban J connectivity index is 1.47. The second-order valence-corrected chi connectivity index (χ2v) is 9.64. The first-order valence-corrected chi connectivity index (χ1v) is 12.3. The van der Waals surface area contributed by atoms with E-state index in [1.807, 2.05) is 24.3 Å². The fourth-order valence-corrected chi connectivity index (χ4v) is 3.55. The summed E-state index contributed by atoms with van der Waals surface area (Å²) in [6.45, 7) is 1.16. The van der Waals surface area contributed by atoms with Gasteiger partial charge >= 0.3 is 7.82 Å². The van der Waals surface area contributed by atoms with E-state index in [2.05, 4.69) is 34.1 Å². The fraction of sp³-hybridized carbons (Fsp3) is 0.208. The van der Waals surface area contributed by atoms with Crippen LogP contribution in [0.5, 0.6) is 5.75 Å². The minimum absolute atomic E-state index is 0.461. The topological polar surface area (TPSA) is 131 Å². The molecule has 1 amide bonds. The van der Waals surface area contributed by atoms with Crippen LogP contribution in [0.15, 0.2) is 72.8 Å². The molecule has 5 N–H and O–H groups in total. The summed E-state index contributed by atoms with van der Waals surface area (Å²) in [6.07, 6.45) is 0.727. The third-order valence-corrected chi connectivity index (χ3v) is 5.67. The maximum Gasteiger partial charge on any atom is 0.469 e. The predicted molar refractivity (Wildman–Crippen MR) is 132 cm³/mol. The van der Waals surface area contributed by atoms with E-state index in [0.717, 1.165) is 23.1 Å². The lowest BCUT2D eigenvalue weighted by Gasteiger charge is -2.23. The molecular weight excluding hydrogens is 479 g/mol. The SMILES string of the molecule is C[C@](N)(COP(=O)(O)O)C(=O)Nc1ccc(OCCc2ccc(-c3ccc(Cl)cc3)cc2)cc1. The molecule has 1 atom stereocenters. The number of phosphoric acid groups is 1. The molecule has 0 aliphatic carbocycles. The highest BCUT2D eigenvalue weighted by molar-refractivity contribution is 7.46. The van der Waals surface area contributed by atoms with E-state index in [1.165, 1.54) is 6.92 Å². The molecule has 10 heteroatoms. The first-order chi connectivity index (χ1) is 16.0. The van der Waals surface area contributed by atoms with Crippen LogP contribution in [-0.4, -0.2) is 34.4 Å². The highest BCUT2D eigenvalue weighted by Crippen LogP contribution is 2.36. The number of ether oxygens (including phenoxy) is 1. The smallest absolute Gasteiger partial charge is 0.469 e. The minimum atomic E-state index is -4.72. The number of hydrogen-bond donors (Lipinski definition) is 4. The van der Waals surface area contributed by atoms with E-state index in [9.17, 15) is 9.36 Å². The van der Waals surface area contributed by atoms with Crippen molar-refractivity contribution in [3.8, 4) is 16.9 Å². The van der Waals surface area contributed by atoms with Gasteiger partial charge in [0.2, 0.25) is 5.91 Å². The van der Waals surface area contributed by atoms with Crippen LogP contribution < -0.4 is 15.8 Å². The van der Waals surface area contributed by atoms with Gasteiger partial charge in [0.25, 0.3) is 0 Å². The molecule has 180 valence electrons. The number of hydrogen-bond acceptors (Lipinski definition) is 5. The van der Waals surface area contributed by atoms with Crippen molar-refractivity contribution >= 4 is 31.0 Å². The lowest BCUT2D eigenvalue weighted by atomic mass is 10.0. The number of amides is 1. The summed E-state index contributed by atoms with van der Waals surface area (Å²) in [6, 6.07) is 22.7. The predicted octanol–water partition coefficient (Wildman–Crippen LogP) is 4.39. The molecule has 0 radical (unpaired) electrons. The average Bonchev–Trinajstić information content (AvgIpc) is 2.79. The number of benzene rings is 3. The van der Waals surface area contributed by atoms with Crippen LogP contribution in [0.4, 0.5) is 5.69 Å². The van der Waals surface area contributed by atoms with Gasteiger partial charge in [0.05, 0.1) is 13.2 Å². The van der Waals surface area contributed by atoms with E-state index < -0.39 is 25.9 Å². The molecule has 0 bridgehead atoms. The molecule has 0 unspecified atom stereocenters. The van der Waals surface area contributed by atoms with Gasteiger partial charge in [0.15, 0.2) is 0 Å². The molecule has 3 aromatic carbocycles. The zero-order chi connectivity index (χ0) is 24.8. The standard InChI is InChI=1S/C24H26ClN2O6P/c1-24(26,16-33-34(29,30)31)23(28)27-21-10-12-22(13-11-21)32-15-14-17-2-4-18(5-3-17)19-6-8-20(25)9-7-19/h2-13H,14-16,26H2,1H3,(H,27,28)(H2,29,30,31)/t24-/m0/s1. The van der Waals surface area contributed by atoms with Crippen molar-refractivity contribution in [2.24, 2.45) is 5.73 Å². The molecule has 0 spiro atoms. The maximum absolute atomic E-state index is 12.3. The van der Waals surface area contributed by atoms with Crippen LogP contribution in [0, 0.1) is 0 Å². The van der Waals surface area contributed by atoms with Crippen molar-refractivity contribution in [3.63, 3.8) is 0 Å². The third-order valence-electron chi connectivity index (χ3n) is 4.95. The first-order valence-electron chi connectivity index (χ1n) is 10.4. The van der Waals surface area contributed by atoms with Crippen molar-refractivity contribution in [2.45, 2.75) is 18.9 Å². The third kappa shape index (κ3) is 7.95. The van der Waals surface area contributed by atoms with Crippen LogP contribution in [0.2, 0.25) is 5.02 Å². The van der Waals surface area contributed by atoms with Gasteiger partial charge in [-0.2, -0.15) is 0 Å². The summed E-state index contributed by atoms with van der Waals surface area (Å²) in [5.74, 6) is -0.00667. The number of carbonyl (C=O) groups excluding carboxylic acids is 1. The van der Waals surface area contributed by atoms with Gasteiger partial charge in [0.1, 0.15) is 11.3 Å². The highest BCUT2D eigenvalue weighted by Gasteiger charge is 2.32. The van der Waals surface area contributed by atoms with Crippen LogP contribution in [0.25, 0.3) is 11.1 Å². The molecule has 0 saturated carbocycles. The monoisotopic (exact) mass is 504 g/mol. The Morgan fingerprint density at radius 1 is 1.00 bits per heavy atom. The van der Waals surface area contributed by atoms with Gasteiger partial charge in [0, 0.05) is 17.1 Å². The van der Waals surface area contributed by atoms with Gasteiger partial charge in [-0.1, -0.05) is 48.0 Å². The van der Waals surface area contributed by atoms with Crippen molar-refractivity contribution in [3.05, 3.63) is 83.4 Å². The quantitative estimate of drug-likeness (QED) is 0.301. The average molecular weight is 505 g/mol. The van der Waals surface area contributed by atoms with E-state index >= 15 is 0 Å². The van der Waals surface area contributed by atoms with Crippen LogP contribution >= 0.6 is 19.4 Å². The van der Waals surface area contributed by atoms with Crippen LogP contribution in [0.1, 0.15) is 12.5 Å². The van der Waals surface area contributed by atoms with Gasteiger partial charge in [-0.3, -0.25) is 9.32 Å².